The molecule has 0 saturated carbocycles. The molecular formula is C17H27N3O. The average molecular weight is 289 g/mol. The van der Waals surface area contributed by atoms with Gasteiger partial charge in [0.05, 0.1) is 12.8 Å². The first-order valence-electron chi connectivity index (χ1n) is 7.96. The first kappa shape index (κ1) is 14.7. The van der Waals surface area contributed by atoms with Gasteiger partial charge in [0.25, 0.3) is 0 Å². The van der Waals surface area contributed by atoms with E-state index in [1.807, 2.05) is 0 Å². The number of rotatable bonds is 5. The van der Waals surface area contributed by atoms with Crippen molar-refractivity contribution in [2.75, 3.05) is 46.2 Å². The molecule has 3 fully saturated rings. The first-order chi connectivity index (χ1) is 10.2. The molecule has 1 atom stereocenters. The highest BCUT2D eigenvalue weighted by atomic mass is 16.5. The quantitative estimate of drug-likeness (QED) is 0.900. The van der Waals surface area contributed by atoms with E-state index in [0.717, 1.165) is 23.9 Å². The average Bonchev–Trinajstić information content (AvgIpc) is 2.48. The van der Waals surface area contributed by atoms with Gasteiger partial charge in [0, 0.05) is 19.1 Å². The third-order valence-electron chi connectivity index (χ3n) is 4.76. The maximum absolute atomic E-state index is 5.54. The van der Waals surface area contributed by atoms with E-state index in [0.29, 0.717) is 6.04 Å². The minimum Gasteiger partial charge on any atom is -0.495 e. The molecule has 4 rings (SSSR count). The fourth-order valence-corrected chi connectivity index (χ4v) is 3.66. The van der Waals surface area contributed by atoms with E-state index in [2.05, 4.69) is 47.4 Å². The van der Waals surface area contributed by atoms with Crippen LogP contribution in [0.3, 0.4) is 0 Å². The first-order valence-corrected chi connectivity index (χ1v) is 7.96. The molecule has 3 saturated heterocycles. The van der Waals surface area contributed by atoms with Gasteiger partial charge in [-0.2, -0.15) is 0 Å². The van der Waals surface area contributed by atoms with Gasteiger partial charge in [-0.1, -0.05) is 6.07 Å². The number of methoxy groups -OCH3 is 1. The SMILES string of the molecule is COc1ccc(CN(C)C)cc1NC1CN2CCC1CC2. The van der Waals surface area contributed by atoms with E-state index < -0.39 is 0 Å². The number of piperidine rings is 3. The highest BCUT2D eigenvalue weighted by Gasteiger charge is 2.34. The number of anilines is 1. The molecule has 3 aliphatic rings. The lowest BCUT2D eigenvalue weighted by Crippen LogP contribution is -2.53. The molecule has 1 N–H and O–H groups in total. The van der Waals surface area contributed by atoms with E-state index in [-0.39, 0.29) is 0 Å². The summed E-state index contributed by atoms with van der Waals surface area (Å²) in [5, 5.41) is 3.76. The Balaban J connectivity index is 1.76. The number of fused-ring (bicyclic) bond motifs is 3. The lowest BCUT2D eigenvalue weighted by atomic mass is 9.84. The lowest BCUT2D eigenvalue weighted by Gasteiger charge is -2.45. The van der Waals surface area contributed by atoms with Crippen LogP contribution in [0.2, 0.25) is 0 Å². The lowest BCUT2D eigenvalue weighted by molar-refractivity contribution is 0.0974. The van der Waals surface area contributed by atoms with Crippen LogP contribution in [-0.4, -0.2) is 56.7 Å². The maximum atomic E-state index is 5.54. The number of hydrogen-bond acceptors (Lipinski definition) is 4. The fraction of sp³-hybridized carbons (Fsp3) is 0.647. The van der Waals surface area contributed by atoms with Gasteiger partial charge >= 0.3 is 0 Å². The summed E-state index contributed by atoms with van der Waals surface area (Å²) in [7, 11) is 5.96. The van der Waals surface area contributed by atoms with Crippen LogP contribution in [-0.2, 0) is 6.54 Å². The van der Waals surface area contributed by atoms with E-state index >= 15 is 0 Å². The molecule has 2 bridgehead atoms. The van der Waals surface area contributed by atoms with Crippen LogP contribution in [0.15, 0.2) is 18.2 Å². The molecule has 1 aromatic carbocycles. The summed E-state index contributed by atoms with van der Waals surface area (Å²) >= 11 is 0. The minimum atomic E-state index is 0.566. The summed E-state index contributed by atoms with van der Waals surface area (Å²) in [5.74, 6) is 1.77. The summed E-state index contributed by atoms with van der Waals surface area (Å²) in [6.07, 6.45) is 2.66. The Kier molecular flexibility index (Phi) is 4.36. The molecule has 4 nitrogen and oxygen atoms in total. The van der Waals surface area contributed by atoms with E-state index in [1.54, 1.807) is 7.11 Å². The topological polar surface area (TPSA) is 27.7 Å². The highest BCUT2D eigenvalue weighted by molar-refractivity contribution is 5.59. The van der Waals surface area contributed by atoms with Gasteiger partial charge in [-0.15, -0.1) is 0 Å². The van der Waals surface area contributed by atoms with Crippen molar-refractivity contribution in [1.29, 1.82) is 0 Å². The molecule has 1 unspecified atom stereocenters. The third-order valence-corrected chi connectivity index (χ3v) is 4.76. The van der Waals surface area contributed by atoms with Crippen molar-refractivity contribution in [1.82, 2.24) is 9.80 Å². The zero-order chi connectivity index (χ0) is 14.8. The molecule has 0 radical (unpaired) electrons. The Morgan fingerprint density at radius 2 is 2.05 bits per heavy atom. The molecule has 1 aromatic rings. The standard InChI is InChI=1S/C17H27N3O/c1-19(2)11-13-4-5-17(21-3)15(10-13)18-16-12-20-8-6-14(16)7-9-20/h4-5,10,14,16,18H,6-9,11-12H2,1-3H3. The van der Waals surface area contributed by atoms with Gasteiger partial charge in [0.15, 0.2) is 0 Å². The van der Waals surface area contributed by atoms with Gasteiger partial charge in [-0.25, -0.2) is 0 Å². The zero-order valence-corrected chi connectivity index (χ0v) is 13.4. The van der Waals surface area contributed by atoms with Gasteiger partial charge in [0.1, 0.15) is 5.75 Å². The fourth-order valence-electron chi connectivity index (χ4n) is 3.66. The van der Waals surface area contributed by atoms with Crippen molar-refractivity contribution in [3.8, 4) is 5.75 Å². The zero-order valence-electron chi connectivity index (χ0n) is 13.4. The van der Waals surface area contributed by atoms with Crippen LogP contribution in [0.25, 0.3) is 0 Å². The van der Waals surface area contributed by atoms with Crippen molar-refractivity contribution in [3.05, 3.63) is 23.8 Å². The molecule has 0 aliphatic carbocycles. The van der Waals surface area contributed by atoms with E-state index in [4.69, 9.17) is 4.74 Å². The van der Waals surface area contributed by atoms with Crippen molar-refractivity contribution >= 4 is 5.69 Å². The summed E-state index contributed by atoms with van der Waals surface area (Å²) in [4.78, 5) is 4.77. The predicted octanol–water partition coefficient (Wildman–Crippen LogP) is 2.26. The van der Waals surface area contributed by atoms with Gasteiger partial charge in [0.2, 0.25) is 0 Å². The van der Waals surface area contributed by atoms with E-state index in [9.17, 15) is 0 Å². The summed E-state index contributed by atoms with van der Waals surface area (Å²) < 4.78 is 5.54. The Morgan fingerprint density at radius 1 is 1.29 bits per heavy atom. The third kappa shape index (κ3) is 3.33. The van der Waals surface area contributed by atoms with Gasteiger partial charge in [-0.3, -0.25) is 0 Å². The van der Waals surface area contributed by atoms with Gasteiger partial charge in [-0.05, 0) is 63.6 Å². The summed E-state index contributed by atoms with van der Waals surface area (Å²) in [5.41, 5.74) is 2.47. The van der Waals surface area contributed by atoms with Crippen molar-refractivity contribution < 1.29 is 4.74 Å². The Hall–Kier alpha value is -1.26. The molecule has 0 amide bonds. The second kappa shape index (κ2) is 6.24. The van der Waals surface area contributed by atoms with Crippen molar-refractivity contribution in [2.45, 2.75) is 25.4 Å². The minimum absolute atomic E-state index is 0.566. The molecule has 0 spiro atoms. The van der Waals surface area contributed by atoms with Crippen LogP contribution in [0.4, 0.5) is 5.69 Å². The second-order valence-corrected chi connectivity index (χ2v) is 6.66. The number of hydrogen-bond donors (Lipinski definition) is 1. The summed E-state index contributed by atoms with van der Waals surface area (Å²) in [6.45, 7) is 4.69. The maximum Gasteiger partial charge on any atom is 0.141 e. The van der Waals surface area contributed by atoms with Crippen LogP contribution < -0.4 is 10.1 Å². The molecule has 21 heavy (non-hydrogen) atoms. The number of nitrogens with zero attached hydrogens (tertiary/aromatic N) is 2. The molecule has 3 heterocycles. The Labute approximate surface area is 128 Å². The van der Waals surface area contributed by atoms with E-state index in [1.165, 1.54) is 38.0 Å². The Morgan fingerprint density at radius 3 is 2.62 bits per heavy atom. The van der Waals surface area contributed by atoms with Crippen LogP contribution >= 0.6 is 0 Å². The monoisotopic (exact) mass is 289 g/mol. The van der Waals surface area contributed by atoms with Crippen LogP contribution in [0.5, 0.6) is 5.75 Å². The van der Waals surface area contributed by atoms with Crippen LogP contribution in [0.1, 0.15) is 18.4 Å². The molecule has 0 aromatic heterocycles. The summed E-state index contributed by atoms with van der Waals surface area (Å²) in [6, 6.07) is 7.05. The number of benzene rings is 1. The predicted molar refractivity (Wildman–Crippen MR) is 87.0 cm³/mol. The van der Waals surface area contributed by atoms with Crippen molar-refractivity contribution in [3.63, 3.8) is 0 Å². The van der Waals surface area contributed by atoms with Crippen LogP contribution in [0, 0.1) is 5.92 Å². The molecule has 4 heteroatoms. The normalized spacial score (nSPS) is 27.9. The number of nitrogens with one attached hydrogen (secondary N) is 1. The smallest absolute Gasteiger partial charge is 0.141 e. The van der Waals surface area contributed by atoms with Crippen molar-refractivity contribution in [2.24, 2.45) is 5.92 Å². The molecular weight excluding hydrogens is 262 g/mol. The Bertz CT molecular complexity index is 481. The molecule has 3 aliphatic heterocycles. The highest BCUT2D eigenvalue weighted by Crippen LogP contribution is 2.33. The largest absolute Gasteiger partial charge is 0.495 e. The molecule has 116 valence electrons. The second-order valence-electron chi connectivity index (χ2n) is 6.66. The number of ether oxygens (including phenoxy) is 1. The van der Waals surface area contributed by atoms with Gasteiger partial charge < -0.3 is 19.9 Å².